The summed E-state index contributed by atoms with van der Waals surface area (Å²) in [5, 5.41) is 0. The van der Waals surface area contributed by atoms with E-state index >= 15 is 0 Å². The topological polar surface area (TPSA) is 25.8 Å². The largest absolute Gasteiger partial charge is 0.237 e. The highest BCUT2D eigenvalue weighted by molar-refractivity contribution is 5.63. The Morgan fingerprint density at radius 3 is 2.56 bits per heavy atom. The molecule has 0 bridgehead atoms. The van der Waals surface area contributed by atoms with Gasteiger partial charge in [0.2, 0.25) is 0 Å². The molecule has 2 rings (SSSR count). The first-order chi connectivity index (χ1) is 7.70. The van der Waals surface area contributed by atoms with Crippen LogP contribution in [0.1, 0.15) is 11.4 Å². The summed E-state index contributed by atoms with van der Waals surface area (Å²) in [7, 11) is 0. The lowest BCUT2D eigenvalue weighted by Gasteiger charge is -2.04. The van der Waals surface area contributed by atoms with Crippen LogP contribution in [-0.2, 0) is 0 Å². The van der Waals surface area contributed by atoms with Gasteiger partial charge in [-0.3, -0.25) is 0 Å². The Balaban J connectivity index is 2.49. The second kappa shape index (κ2) is 4.23. The van der Waals surface area contributed by atoms with Gasteiger partial charge < -0.3 is 0 Å². The third-order valence-corrected chi connectivity index (χ3v) is 2.29. The van der Waals surface area contributed by atoms with E-state index in [0.29, 0.717) is 17.0 Å². The molecule has 1 heterocycles. The van der Waals surface area contributed by atoms with Crippen molar-refractivity contribution in [3.63, 3.8) is 0 Å². The maximum atomic E-state index is 13.6. The molecule has 2 aromatic rings. The van der Waals surface area contributed by atoms with E-state index in [-0.39, 0.29) is 5.82 Å². The fraction of sp³-hybridized carbons (Fsp3) is 0.0769. The molecule has 2 nitrogen and oxygen atoms in total. The Hall–Kier alpha value is -2.03. The van der Waals surface area contributed by atoms with Crippen LogP contribution in [0.15, 0.2) is 37.2 Å². The molecule has 0 saturated carbocycles. The lowest BCUT2D eigenvalue weighted by atomic mass is 10.1. The molecule has 1 aromatic carbocycles. The van der Waals surface area contributed by atoms with Crippen LogP contribution in [0.3, 0.4) is 0 Å². The molecule has 0 atom stereocenters. The van der Waals surface area contributed by atoms with E-state index in [2.05, 4.69) is 16.5 Å². The van der Waals surface area contributed by atoms with Gasteiger partial charge in [-0.1, -0.05) is 18.2 Å². The summed E-state index contributed by atoms with van der Waals surface area (Å²) in [5.41, 5.74) is 2.20. The maximum Gasteiger partial charge on any atom is 0.151 e. The minimum Gasteiger partial charge on any atom is -0.237 e. The lowest BCUT2D eigenvalue weighted by Crippen LogP contribution is -1.90. The van der Waals surface area contributed by atoms with Crippen LogP contribution >= 0.6 is 0 Å². The SMILES string of the molecule is C=Cc1ncc(-c2cc(C)ccc2F)cn1. The summed E-state index contributed by atoms with van der Waals surface area (Å²) in [6, 6.07) is 4.96. The molecular weight excluding hydrogens is 203 g/mol. The van der Waals surface area contributed by atoms with Crippen molar-refractivity contribution in [2.24, 2.45) is 0 Å². The zero-order chi connectivity index (χ0) is 11.5. The molecule has 80 valence electrons. The number of benzene rings is 1. The minimum absolute atomic E-state index is 0.263. The molecule has 0 fully saturated rings. The smallest absolute Gasteiger partial charge is 0.151 e. The zero-order valence-corrected chi connectivity index (χ0v) is 8.94. The molecule has 0 N–H and O–H groups in total. The minimum atomic E-state index is -0.263. The number of aryl methyl sites for hydroxylation is 1. The van der Waals surface area contributed by atoms with E-state index in [1.165, 1.54) is 6.07 Å². The molecule has 0 amide bonds. The number of nitrogens with zero attached hydrogens (tertiary/aromatic N) is 2. The molecule has 16 heavy (non-hydrogen) atoms. The first-order valence-electron chi connectivity index (χ1n) is 4.91. The van der Waals surface area contributed by atoms with Crippen molar-refractivity contribution in [3.8, 4) is 11.1 Å². The summed E-state index contributed by atoms with van der Waals surface area (Å²) in [4.78, 5) is 8.10. The van der Waals surface area contributed by atoms with Gasteiger partial charge in [-0.2, -0.15) is 0 Å². The molecule has 0 unspecified atom stereocenters. The van der Waals surface area contributed by atoms with Gasteiger partial charge in [0.05, 0.1) is 0 Å². The standard InChI is InChI=1S/C13H11FN2/c1-3-13-15-7-10(8-16-13)11-6-9(2)4-5-12(11)14/h3-8H,1H2,2H3. The fourth-order valence-electron chi connectivity index (χ4n) is 1.44. The zero-order valence-electron chi connectivity index (χ0n) is 8.94. The van der Waals surface area contributed by atoms with Crippen LogP contribution in [0.25, 0.3) is 17.2 Å². The summed E-state index contributed by atoms with van der Waals surface area (Å²) in [5.74, 6) is 0.275. The molecule has 0 saturated heterocycles. The van der Waals surface area contributed by atoms with E-state index in [4.69, 9.17) is 0 Å². The number of hydrogen-bond donors (Lipinski definition) is 0. The summed E-state index contributed by atoms with van der Waals surface area (Å²) in [6.07, 6.45) is 4.75. The summed E-state index contributed by atoms with van der Waals surface area (Å²) >= 11 is 0. The molecule has 3 heteroatoms. The molecule has 0 aliphatic heterocycles. The first kappa shape index (κ1) is 10.5. The van der Waals surface area contributed by atoms with E-state index in [1.54, 1.807) is 30.6 Å². The predicted molar refractivity (Wildman–Crippen MR) is 62.3 cm³/mol. The van der Waals surface area contributed by atoms with Crippen LogP contribution in [0.5, 0.6) is 0 Å². The Labute approximate surface area is 93.5 Å². The first-order valence-corrected chi connectivity index (χ1v) is 4.91. The molecule has 1 aromatic heterocycles. The van der Waals surface area contributed by atoms with E-state index in [9.17, 15) is 4.39 Å². The van der Waals surface area contributed by atoms with Crippen molar-refractivity contribution < 1.29 is 4.39 Å². The average Bonchev–Trinajstić information content (AvgIpc) is 2.32. The number of aromatic nitrogens is 2. The van der Waals surface area contributed by atoms with Crippen molar-refractivity contribution >= 4 is 6.08 Å². The van der Waals surface area contributed by atoms with Gasteiger partial charge in [-0.15, -0.1) is 0 Å². The molecule has 0 aliphatic carbocycles. The quantitative estimate of drug-likeness (QED) is 0.767. The lowest BCUT2D eigenvalue weighted by molar-refractivity contribution is 0.630. The third-order valence-electron chi connectivity index (χ3n) is 2.29. The van der Waals surface area contributed by atoms with Gasteiger partial charge in [-0.25, -0.2) is 14.4 Å². The van der Waals surface area contributed by atoms with Gasteiger partial charge in [0.25, 0.3) is 0 Å². The average molecular weight is 214 g/mol. The Morgan fingerprint density at radius 1 is 1.25 bits per heavy atom. The normalized spacial score (nSPS) is 10.1. The number of rotatable bonds is 2. The highest BCUT2D eigenvalue weighted by Crippen LogP contribution is 2.22. The van der Waals surface area contributed by atoms with E-state index < -0.39 is 0 Å². The van der Waals surface area contributed by atoms with E-state index in [0.717, 1.165) is 5.56 Å². The second-order valence-electron chi connectivity index (χ2n) is 3.52. The summed E-state index contributed by atoms with van der Waals surface area (Å²) < 4.78 is 13.6. The Morgan fingerprint density at radius 2 is 1.94 bits per heavy atom. The fourth-order valence-corrected chi connectivity index (χ4v) is 1.44. The highest BCUT2D eigenvalue weighted by atomic mass is 19.1. The predicted octanol–water partition coefficient (Wildman–Crippen LogP) is 3.23. The maximum absolute atomic E-state index is 13.6. The monoisotopic (exact) mass is 214 g/mol. The van der Waals surface area contributed by atoms with Gasteiger partial charge >= 0.3 is 0 Å². The van der Waals surface area contributed by atoms with Crippen molar-refractivity contribution in [1.82, 2.24) is 9.97 Å². The number of hydrogen-bond acceptors (Lipinski definition) is 2. The molecule has 0 radical (unpaired) electrons. The van der Waals surface area contributed by atoms with Gasteiger partial charge in [0.15, 0.2) is 5.82 Å². The van der Waals surface area contributed by atoms with Crippen LogP contribution < -0.4 is 0 Å². The summed E-state index contributed by atoms with van der Waals surface area (Å²) in [6.45, 7) is 5.48. The highest BCUT2D eigenvalue weighted by Gasteiger charge is 2.05. The van der Waals surface area contributed by atoms with E-state index in [1.807, 2.05) is 6.92 Å². The second-order valence-corrected chi connectivity index (χ2v) is 3.52. The molecule has 0 aliphatic rings. The molecule has 0 spiro atoms. The van der Waals surface area contributed by atoms with Crippen molar-refractivity contribution in [1.29, 1.82) is 0 Å². The van der Waals surface area contributed by atoms with Crippen molar-refractivity contribution in [3.05, 3.63) is 54.4 Å². The Kier molecular flexibility index (Phi) is 2.77. The van der Waals surface area contributed by atoms with Crippen molar-refractivity contribution in [2.75, 3.05) is 0 Å². The van der Waals surface area contributed by atoms with Crippen LogP contribution in [-0.4, -0.2) is 9.97 Å². The number of halogens is 1. The molecular formula is C13H11FN2. The third kappa shape index (κ3) is 1.98. The van der Waals surface area contributed by atoms with Crippen molar-refractivity contribution in [2.45, 2.75) is 6.92 Å². The van der Waals surface area contributed by atoms with Gasteiger partial charge in [0.1, 0.15) is 5.82 Å². The van der Waals surface area contributed by atoms with Crippen LogP contribution in [0.4, 0.5) is 4.39 Å². The van der Waals surface area contributed by atoms with Gasteiger partial charge in [-0.05, 0) is 25.1 Å². The van der Waals surface area contributed by atoms with Crippen LogP contribution in [0, 0.1) is 12.7 Å². The Bertz CT molecular complexity index is 518. The van der Waals surface area contributed by atoms with Crippen LogP contribution in [0.2, 0.25) is 0 Å². The van der Waals surface area contributed by atoms with Gasteiger partial charge in [0, 0.05) is 23.5 Å².